The molecule has 0 fully saturated rings. The summed E-state index contributed by atoms with van der Waals surface area (Å²) >= 11 is 0. The van der Waals surface area contributed by atoms with Gasteiger partial charge in [-0.05, 0) is 31.5 Å². The summed E-state index contributed by atoms with van der Waals surface area (Å²) in [6, 6.07) is 2.11. The van der Waals surface area contributed by atoms with Crippen LogP contribution in [-0.2, 0) is 27.1 Å². The Morgan fingerprint density at radius 2 is 2.18 bits per heavy atom. The van der Waals surface area contributed by atoms with Crippen LogP contribution in [0.15, 0.2) is 18.5 Å². The van der Waals surface area contributed by atoms with Gasteiger partial charge >= 0.3 is 0 Å². The SMILES string of the molecule is Cc1cc(CNCCc2cnn(C)c2)n(C)n1. The van der Waals surface area contributed by atoms with Crippen LogP contribution in [0.4, 0.5) is 0 Å². The van der Waals surface area contributed by atoms with Gasteiger partial charge in [0.25, 0.3) is 0 Å². The average molecular weight is 233 g/mol. The van der Waals surface area contributed by atoms with Gasteiger partial charge in [0.2, 0.25) is 0 Å². The number of nitrogens with one attached hydrogen (secondary N) is 1. The minimum absolute atomic E-state index is 0.859. The van der Waals surface area contributed by atoms with Crippen LogP contribution in [0.25, 0.3) is 0 Å². The van der Waals surface area contributed by atoms with Crippen LogP contribution in [0.1, 0.15) is 17.0 Å². The van der Waals surface area contributed by atoms with Crippen molar-refractivity contribution in [3.8, 4) is 0 Å². The van der Waals surface area contributed by atoms with E-state index in [0.717, 1.165) is 25.2 Å². The van der Waals surface area contributed by atoms with Crippen molar-refractivity contribution in [2.75, 3.05) is 6.54 Å². The standard InChI is InChI=1S/C12H19N5/c1-10-6-12(17(3)15-10)8-13-5-4-11-7-14-16(2)9-11/h6-7,9,13H,4-5,8H2,1-3H3. The fraction of sp³-hybridized carbons (Fsp3) is 0.500. The Bertz CT molecular complexity index is 483. The van der Waals surface area contributed by atoms with Gasteiger partial charge in [-0.2, -0.15) is 10.2 Å². The first-order chi connectivity index (χ1) is 8.15. The second-order valence-electron chi connectivity index (χ2n) is 4.35. The normalized spacial score (nSPS) is 11.0. The lowest BCUT2D eigenvalue weighted by Gasteiger charge is -2.03. The van der Waals surface area contributed by atoms with E-state index in [0.29, 0.717) is 0 Å². The number of hydrogen-bond acceptors (Lipinski definition) is 3. The topological polar surface area (TPSA) is 47.7 Å². The zero-order chi connectivity index (χ0) is 12.3. The molecule has 2 heterocycles. The molecule has 0 saturated heterocycles. The van der Waals surface area contributed by atoms with Gasteiger partial charge in [0.1, 0.15) is 0 Å². The maximum atomic E-state index is 4.31. The number of hydrogen-bond donors (Lipinski definition) is 1. The molecule has 0 aliphatic carbocycles. The van der Waals surface area contributed by atoms with Crippen molar-refractivity contribution in [2.24, 2.45) is 14.1 Å². The van der Waals surface area contributed by atoms with Gasteiger partial charge < -0.3 is 5.32 Å². The van der Waals surface area contributed by atoms with Crippen molar-refractivity contribution >= 4 is 0 Å². The molecule has 2 rings (SSSR count). The highest BCUT2D eigenvalue weighted by atomic mass is 15.3. The number of aryl methyl sites for hydroxylation is 3. The molecule has 2 aromatic rings. The first-order valence-electron chi connectivity index (χ1n) is 5.83. The summed E-state index contributed by atoms with van der Waals surface area (Å²) in [7, 11) is 3.92. The molecule has 0 saturated carbocycles. The minimum atomic E-state index is 0.859. The molecule has 0 aromatic carbocycles. The van der Waals surface area contributed by atoms with Gasteiger partial charge in [0.15, 0.2) is 0 Å². The first kappa shape index (κ1) is 11.9. The van der Waals surface area contributed by atoms with E-state index in [-0.39, 0.29) is 0 Å². The lowest BCUT2D eigenvalue weighted by atomic mass is 10.2. The first-order valence-corrected chi connectivity index (χ1v) is 5.83. The molecule has 5 heteroatoms. The summed E-state index contributed by atoms with van der Waals surface area (Å²) in [5, 5.41) is 11.9. The Balaban J connectivity index is 1.75. The Labute approximate surface area is 101 Å². The molecular weight excluding hydrogens is 214 g/mol. The van der Waals surface area contributed by atoms with Crippen LogP contribution in [0.2, 0.25) is 0 Å². The van der Waals surface area contributed by atoms with Gasteiger partial charge in [0, 0.05) is 26.8 Å². The van der Waals surface area contributed by atoms with Crippen LogP contribution in [-0.4, -0.2) is 26.1 Å². The van der Waals surface area contributed by atoms with Crippen LogP contribution in [0, 0.1) is 6.92 Å². The number of rotatable bonds is 5. The van der Waals surface area contributed by atoms with E-state index >= 15 is 0 Å². The maximum absolute atomic E-state index is 4.31. The zero-order valence-electron chi connectivity index (χ0n) is 10.6. The predicted molar refractivity (Wildman–Crippen MR) is 66.6 cm³/mol. The highest BCUT2D eigenvalue weighted by Crippen LogP contribution is 2.01. The summed E-state index contributed by atoms with van der Waals surface area (Å²) in [4.78, 5) is 0. The third-order valence-corrected chi connectivity index (χ3v) is 2.75. The minimum Gasteiger partial charge on any atom is -0.311 e. The third-order valence-electron chi connectivity index (χ3n) is 2.75. The van der Waals surface area contributed by atoms with Crippen LogP contribution < -0.4 is 5.32 Å². The van der Waals surface area contributed by atoms with E-state index < -0.39 is 0 Å². The second-order valence-corrected chi connectivity index (χ2v) is 4.35. The number of nitrogens with zero attached hydrogens (tertiary/aromatic N) is 4. The Hall–Kier alpha value is -1.62. The summed E-state index contributed by atoms with van der Waals surface area (Å²) in [5.74, 6) is 0. The van der Waals surface area contributed by atoms with Crippen LogP contribution in [0.5, 0.6) is 0 Å². The molecule has 0 atom stereocenters. The quantitative estimate of drug-likeness (QED) is 0.777. The number of aromatic nitrogens is 4. The monoisotopic (exact) mass is 233 g/mol. The Morgan fingerprint density at radius 1 is 1.35 bits per heavy atom. The van der Waals surface area contributed by atoms with Gasteiger partial charge in [-0.25, -0.2) is 0 Å². The predicted octanol–water partition coefficient (Wildman–Crippen LogP) is 0.794. The molecule has 0 aliphatic heterocycles. The molecule has 0 radical (unpaired) electrons. The van der Waals surface area contributed by atoms with Crippen molar-refractivity contribution in [1.29, 1.82) is 0 Å². The molecule has 2 aromatic heterocycles. The molecule has 17 heavy (non-hydrogen) atoms. The van der Waals surface area contributed by atoms with E-state index in [2.05, 4.69) is 27.8 Å². The summed E-state index contributed by atoms with van der Waals surface area (Å²) in [6.07, 6.45) is 4.97. The Morgan fingerprint density at radius 3 is 2.76 bits per heavy atom. The molecule has 0 spiro atoms. The largest absolute Gasteiger partial charge is 0.311 e. The molecule has 0 unspecified atom stereocenters. The lowest BCUT2D eigenvalue weighted by molar-refractivity contribution is 0.624. The van der Waals surface area contributed by atoms with Crippen molar-refractivity contribution in [3.05, 3.63) is 35.4 Å². The second kappa shape index (κ2) is 5.14. The highest BCUT2D eigenvalue weighted by molar-refractivity contribution is 5.08. The smallest absolute Gasteiger partial charge is 0.0597 e. The summed E-state index contributed by atoms with van der Waals surface area (Å²) in [5.41, 5.74) is 3.55. The van der Waals surface area contributed by atoms with E-state index in [1.165, 1.54) is 11.3 Å². The molecule has 0 aliphatic rings. The van der Waals surface area contributed by atoms with Gasteiger partial charge in [-0.1, -0.05) is 0 Å². The average Bonchev–Trinajstić information content (AvgIpc) is 2.81. The lowest BCUT2D eigenvalue weighted by Crippen LogP contribution is -2.18. The van der Waals surface area contributed by atoms with E-state index in [1.54, 1.807) is 0 Å². The molecule has 5 nitrogen and oxygen atoms in total. The molecular formula is C12H19N5. The van der Waals surface area contributed by atoms with Gasteiger partial charge in [-0.15, -0.1) is 0 Å². The van der Waals surface area contributed by atoms with Gasteiger partial charge in [0.05, 0.1) is 17.6 Å². The van der Waals surface area contributed by atoms with E-state index in [4.69, 9.17) is 0 Å². The van der Waals surface area contributed by atoms with E-state index in [1.807, 2.05) is 36.6 Å². The zero-order valence-corrected chi connectivity index (χ0v) is 10.6. The van der Waals surface area contributed by atoms with Crippen molar-refractivity contribution < 1.29 is 0 Å². The van der Waals surface area contributed by atoms with Crippen LogP contribution >= 0.6 is 0 Å². The summed E-state index contributed by atoms with van der Waals surface area (Å²) in [6.45, 7) is 3.83. The van der Waals surface area contributed by atoms with Crippen molar-refractivity contribution in [2.45, 2.75) is 19.9 Å². The fourth-order valence-electron chi connectivity index (χ4n) is 1.88. The van der Waals surface area contributed by atoms with Crippen LogP contribution in [0.3, 0.4) is 0 Å². The Kier molecular flexibility index (Phi) is 3.58. The maximum Gasteiger partial charge on any atom is 0.0597 e. The molecule has 1 N–H and O–H groups in total. The van der Waals surface area contributed by atoms with E-state index in [9.17, 15) is 0 Å². The molecule has 0 bridgehead atoms. The highest BCUT2D eigenvalue weighted by Gasteiger charge is 2.01. The fourth-order valence-corrected chi connectivity index (χ4v) is 1.88. The van der Waals surface area contributed by atoms with Crippen molar-refractivity contribution in [1.82, 2.24) is 24.9 Å². The molecule has 92 valence electrons. The third kappa shape index (κ3) is 3.17. The van der Waals surface area contributed by atoms with Gasteiger partial charge in [-0.3, -0.25) is 9.36 Å². The summed E-state index contributed by atoms with van der Waals surface area (Å²) < 4.78 is 3.76. The molecule has 0 amide bonds. The van der Waals surface area contributed by atoms with Crippen molar-refractivity contribution in [3.63, 3.8) is 0 Å².